The van der Waals surface area contributed by atoms with E-state index in [0.717, 1.165) is 4.57 Å². The average Bonchev–Trinajstić information content (AvgIpc) is 2.67. The topological polar surface area (TPSA) is 62.5 Å². The number of methoxy groups -OCH3 is 2. The van der Waals surface area contributed by atoms with Crippen molar-refractivity contribution in [3.05, 3.63) is 38.7 Å². The van der Waals surface area contributed by atoms with Gasteiger partial charge in [-0.25, -0.2) is 9.36 Å². The molecular formula is C10H12N2O4. The fourth-order valence-electron chi connectivity index (χ4n) is 1.69. The minimum Gasteiger partial charge on any atom is -0.364 e. The molecule has 0 radical (unpaired) electrons. The number of ether oxygens (including phenoxy) is 2. The fourth-order valence-corrected chi connectivity index (χ4v) is 1.69. The molecule has 1 aromatic rings. The van der Waals surface area contributed by atoms with E-state index in [1.165, 1.54) is 24.9 Å². The minimum atomic E-state index is -0.453. The van der Waals surface area contributed by atoms with Gasteiger partial charge in [0, 0.05) is 20.3 Å². The van der Waals surface area contributed by atoms with Gasteiger partial charge in [0.05, 0.1) is 5.69 Å². The van der Waals surface area contributed by atoms with Gasteiger partial charge in [0.15, 0.2) is 6.23 Å². The van der Waals surface area contributed by atoms with Gasteiger partial charge in [0.1, 0.15) is 6.73 Å². The molecule has 0 N–H and O–H groups in total. The Hall–Kier alpha value is -1.66. The van der Waals surface area contributed by atoms with Crippen molar-refractivity contribution in [2.75, 3.05) is 14.2 Å². The molecule has 0 bridgehead atoms. The van der Waals surface area contributed by atoms with Crippen LogP contribution in [0.15, 0.2) is 21.7 Å². The van der Waals surface area contributed by atoms with Gasteiger partial charge in [-0.15, -0.1) is 0 Å². The van der Waals surface area contributed by atoms with Crippen LogP contribution in [0.1, 0.15) is 11.9 Å². The third kappa shape index (κ3) is 1.52. The zero-order valence-electron chi connectivity index (χ0n) is 9.04. The predicted molar refractivity (Wildman–Crippen MR) is 57.1 cm³/mol. The zero-order valence-corrected chi connectivity index (χ0v) is 9.04. The normalized spacial score (nSPS) is 17.8. The molecule has 1 unspecified atom stereocenters. The highest BCUT2D eigenvalue weighted by atomic mass is 16.5. The third-order valence-electron chi connectivity index (χ3n) is 2.44. The number of hydrogen-bond donors (Lipinski definition) is 0. The summed E-state index contributed by atoms with van der Waals surface area (Å²) in [5.41, 5.74) is -0.255. The summed E-state index contributed by atoms with van der Waals surface area (Å²) in [6, 6.07) is 1.38. The summed E-state index contributed by atoms with van der Waals surface area (Å²) >= 11 is 0. The monoisotopic (exact) mass is 224 g/mol. The quantitative estimate of drug-likeness (QED) is 0.712. The van der Waals surface area contributed by atoms with E-state index < -0.39 is 11.9 Å². The predicted octanol–water partition coefficient (Wildman–Crippen LogP) is -0.214. The van der Waals surface area contributed by atoms with Gasteiger partial charge >= 0.3 is 5.69 Å². The lowest BCUT2D eigenvalue weighted by atomic mass is 10.4. The Morgan fingerprint density at radius 1 is 1.38 bits per heavy atom. The SMILES string of the molecule is COCn1c(=O)cc2n(c1=O)C(OC)C=C2. The molecule has 0 aliphatic carbocycles. The number of hydrogen-bond acceptors (Lipinski definition) is 4. The van der Waals surface area contributed by atoms with Gasteiger partial charge in [-0.05, 0) is 12.2 Å². The second-order valence-corrected chi connectivity index (χ2v) is 3.39. The Balaban J connectivity index is 2.64. The standard InChI is InChI=1S/C10H12N2O4/c1-15-6-11-8(13)5-7-3-4-9(16-2)12(7)10(11)14/h3-5,9H,6H2,1-2H3. The molecule has 2 heterocycles. The lowest BCUT2D eigenvalue weighted by molar-refractivity contribution is 0.0765. The highest BCUT2D eigenvalue weighted by Crippen LogP contribution is 2.18. The van der Waals surface area contributed by atoms with Crippen molar-refractivity contribution in [2.24, 2.45) is 0 Å². The summed E-state index contributed by atoms with van der Waals surface area (Å²) < 4.78 is 12.3. The largest absolute Gasteiger partial charge is 0.364 e. The van der Waals surface area contributed by atoms with Gasteiger partial charge in [-0.3, -0.25) is 9.36 Å². The molecule has 2 rings (SSSR count). The van der Waals surface area contributed by atoms with E-state index in [1.54, 1.807) is 12.2 Å². The van der Waals surface area contributed by atoms with Crippen molar-refractivity contribution in [3.63, 3.8) is 0 Å². The average molecular weight is 224 g/mol. The maximum Gasteiger partial charge on any atom is 0.335 e. The first kappa shape index (κ1) is 10.8. The summed E-state index contributed by atoms with van der Waals surface area (Å²) in [6.07, 6.45) is 2.95. The van der Waals surface area contributed by atoms with Crippen LogP contribution in [-0.2, 0) is 16.2 Å². The first-order chi connectivity index (χ1) is 7.69. The van der Waals surface area contributed by atoms with Crippen LogP contribution in [0.5, 0.6) is 0 Å². The summed E-state index contributed by atoms with van der Waals surface area (Å²) in [5.74, 6) is 0. The summed E-state index contributed by atoms with van der Waals surface area (Å²) in [5, 5.41) is 0. The number of aromatic nitrogens is 2. The molecule has 0 amide bonds. The van der Waals surface area contributed by atoms with Crippen LogP contribution in [0, 0.1) is 0 Å². The van der Waals surface area contributed by atoms with E-state index in [4.69, 9.17) is 9.47 Å². The molecule has 1 aliphatic heterocycles. The Morgan fingerprint density at radius 2 is 2.12 bits per heavy atom. The van der Waals surface area contributed by atoms with Crippen LogP contribution in [0.2, 0.25) is 0 Å². The van der Waals surface area contributed by atoms with Gasteiger partial charge < -0.3 is 9.47 Å². The number of nitrogens with zero attached hydrogens (tertiary/aromatic N) is 2. The van der Waals surface area contributed by atoms with Crippen molar-refractivity contribution in [1.29, 1.82) is 0 Å². The third-order valence-corrected chi connectivity index (χ3v) is 2.44. The minimum absolute atomic E-state index is 0.0611. The smallest absolute Gasteiger partial charge is 0.335 e. The van der Waals surface area contributed by atoms with Crippen LogP contribution in [0.4, 0.5) is 0 Å². The zero-order chi connectivity index (χ0) is 11.7. The van der Waals surface area contributed by atoms with Crippen molar-refractivity contribution >= 4 is 6.08 Å². The molecule has 0 spiro atoms. The Kier molecular flexibility index (Phi) is 2.76. The lowest BCUT2D eigenvalue weighted by Crippen LogP contribution is -2.41. The fraction of sp³-hybridized carbons (Fsp3) is 0.400. The molecular weight excluding hydrogens is 212 g/mol. The number of fused-ring (bicyclic) bond motifs is 1. The van der Waals surface area contributed by atoms with Crippen LogP contribution in [0.25, 0.3) is 6.08 Å². The van der Waals surface area contributed by atoms with Gasteiger partial charge in [-0.1, -0.05) is 0 Å². The molecule has 6 heteroatoms. The highest BCUT2D eigenvalue weighted by Gasteiger charge is 2.20. The second kappa shape index (κ2) is 4.07. The summed E-state index contributed by atoms with van der Waals surface area (Å²) in [4.78, 5) is 23.5. The Labute approximate surface area is 91.3 Å². The molecule has 0 saturated heterocycles. The van der Waals surface area contributed by atoms with E-state index in [0.29, 0.717) is 5.69 Å². The van der Waals surface area contributed by atoms with Crippen molar-refractivity contribution in [1.82, 2.24) is 9.13 Å². The number of rotatable bonds is 3. The van der Waals surface area contributed by atoms with E-state index in [2.05, 4.69) is 0 Å². The maximum absolute atomic E-state index is 12.0. The first-order valence-corrected chi connectivity index (χ1v) is 4.75. The van der Waals surface area contributed by atoms with Crippen LogP contribution < -0.4 is 11.2 Å². The van der Waals surface area contributed by atoms with Gasteiger partial charge in [0.25, 0.3) is 5.56 Å². The molecule has 6 nitrogen and oxygen atoms in total. The van der Waals surface area contributed by atoms with Crippen molar-refractivity contribution in [2.45, 2.75) is 13.0 Å². The van der Waals surface area contributed by atoms with Crippen LogP contribution in [-0.4, -0.2) is 23.4 Å². The molecule has 86 valence electrons. The molecule has 16 heavy (non-hydrogen) atoms. The highest BCUT2D eigenvalue weighted by molar-refractivity contribution is 5.49. The Morgan fingerprint density at radius 3 is 2.75 bits per heavy atom. The van der Waals surface area contributed by atoms with Gasteiger partial charge in [0.2, 0.25) is 0 Å². The van der Waals surface area contributed by atoms with E-state index in [9.17, 15) is 9.59 Å². The lowest BCUT2D eigenvalue weighted by Gasteiger charge is -2.14. The molecule has 0 saturated carbocycles. The van der Waals surface area contributed by atoms with E-state index in [1.807, 2.05) is 0 Å². The van der Waals surface area contributed by atoms with Crippen molar-refractivity contribution in [3.8, 4) is 0 Å². The molecule has 0 fully saturated rings. The molecule has 1 atom stereocenters. The second-order valence-electron chi connectivity index (χ2n) is 3.39. The first-order valence-electron chi connectivity index (χ1n) is 4.75. The molecule has 1 aromatic heterocycles. The summed E-state index contributed by atoms with van der Waals surface area (Å²) in [6.45, 7) is -0.0611. The van der Waals surface area contributed by atoms with E-state index >= 15 is 0 Å². The van der Waals surface area contributed by atoms with E-state index in [-0.39, 0.29) is 12.3 Å². The Bertz CT molecular complexity index is 541. The maximum atomic E-state index is 12.0. The van der Waals surface area contributed by atoms with Crippen LogP contribution in [0.3, 0.4) is 0 Å². The van der Waals surface area contributed by atoms with Gasteiger partial charge in [-0.2, -0.15) is 0 Å². The molecule has 0 aromatic carbocycles. The van der Waals surface area contributed by atoms with Crippen LogP contribution >= 0.6 is 0 Å². The summed E-state index contributed by atoms with van der Waals surface area (Å²) in [7, 11) is 2.93. The van der Waals surface area contributed by atoms with Crippen molar-refractivity contribution < 1.29 is 9.47 Å². The molecule has 1 aliphatic rings.